The fourth-order valence-corrected chi connectivity index (χ4v) is 3.50. The maximum absolute atomic E-state index is 12.4. The van der Waals surface area contributed by atoms with E-state index in [0.717, 1.165) is 0 Å². The standard InChI is InChI=1S/C15H27N3O3Si/c1-14(2,3)21-13(20)17-11(9-22(4,5)6)12(19)18-15(10-16)7-8-15/h11H,7-9H2,1-6H3,(H,17,20)(H,18,19). The van der Waals surface area contributed by atoms with Crippen molar-refractivity contribution >= 4 is 20.1 Å². The summed E-state index contributed by atoms with van der Waals surface area (Å²) in [6, 6.07) is 2.06. The predicted molar refractivity (Wildman–Crippen MR) is 87.0 cm³/mol. The third-order valence-corrected chi connectivity index (χ3v) is 4.78. The fraction of sp³-hybridized carbons (Fsp3) is 0.800. The summed E-state index contributed by atoms with van der Waals surface area (Å²) < 4.78 is 5.23. The van der Waals surface area contributed by atoms with Crippen LogP contribution in [0.4, 0.5) is 4.79 Å². The molecule has 0 radical (unpaired) electrons. The topological polar surface area (TPSA) is 91.2 Å². The van der Waals surface area contributed by atoms with Gasteiger partial charge in [0.05, 0.1) is 6.07 Å². The molecule has 1 aliphatic rings. The summed E-state index contributed by atoms with van der Waals surface area (Å²) in [5.41, 5.74) is -1.35. The van der Waals surface area contributed by atoms with Crippen molar-refractivity contribution < 1.29 is 14.3 Å². The maximum Gasteiger partial charge on any atom is 0.408 e. The molecule has 124 valence electrons. The predicted octanol–water partition coefficient (Wildman–Crippen LogP) is 2.39. The first-order valence-electron chi connectivity index (χ1n) is 7.59. The summed E-state index contributed by atoms with van der Waals surface area (Å²) in [6.45, 7) is 11.7. The van der Waals surface area contributed by atoms with Crippen LogP contribution in [0.5, 0.6) is 0 Å². The molecule has 7 heteroatoms. The molecule has 0 spiro atoms. The Labute approximate surface area is 133 Å². The molecular weight excluding hydrogens is 298 g/mol. The lowest BCUT2D eigenvalue weighted by Crippen LogP contribution is -2.53. The number of nitrogens with zero attached hydrogens (tertiary/aromatic N) is 1. The van der Waals surface area contributed by atoms with Gasteiger partial charge in [-0.1, -0.05) is 19.6 Å². The van der Waals surface area contributed by atoms with Gasteiger partial charge in [0.25, 0.3) is 0 Å². The van der Waals surface area contributed by atoms with Crippen LogP contribution in [0.1, 0.15) is 33.6 Å². The van der Waals surface area contributed by atoms with E-state index in [2.05, 4.69) is 36.3 Å². The van der Waals surface area contributed by atoms with E-state index in [1.807, 2.05) is 0 Å². The van der Waals surface area contributed by atoms with Crippen molar-refractivity contribution in [1.82, 2.24) is 10.6 Å². The van der Waals surface area contributed by atoms with E-state index in [9.17, 15) is 9.59 Å². The highest BCUT2D eigenvalue weighted by molar-refractivity contribution is 6.76. The Kier molecular flexibility index (Phi) is 5.28. The number of nitriles is 1. The number of amides is 2. The van der Waals surface area contributed by atoms with Crippen LogP contribution in [0.3, 0.4) is 0 Å². The lowest BCUT2D eigenvalue weighted by atomic mass is 10.2. The Morgan fingerprint density at radius 1 is 1.32 bits per heavy atom. The van der Waals surface area contributed by atoms with Crippen LogP contribution in [0.2, 0.25) is 25.7 Å². The molecule has 0 aromatic rings. The molecule has 1 fully saturated rings. The van der Waals surface area contributed by atoms with Gasteiger partial charge in [-0.15, -0.1) is 0 Å². The van der Waals surface area contributed by atoms with Crippen LogP contribution in [-0.4, -0.2) is 37.3 Å². The van der Waals surface area contributed by atoms with Gasteiger partial charge >= 0.3 is 6.09 Å². The van der Waals surface area contributed by atoms with Crippen molar-refractivity contribution in [3.05, 3.63) is 0 Å². The van der Waals surface area contributed by atoms with Crippen LogP contribution in [-0.2, 0) is 9.53 Å². The van der Waals surface area contributed by atoms with E-state index in [1.54, 1.807) is 20.8 Å². The van der Waals surface area contributed by atoms with Crippen LogP contribution >= 0.6 is 0 Å². The molecule has 6 nitrogen and oxygen atoms in total. The van der Waals surface area contributed by atoms with Gasteiger partial charge in [-0.05, 0) is 39.7 Å². The Hall–Kier alpha value is -1.55. The summed E-state index contributed by atoms with van der Waals surface area (Å²) in [4.78, 5) is 24.4. The van der Waals surface area contributed by atoms with Gasteiger partial charge in [0.15, 0.2) is 0 Å². The van der Waals surface area contributed by atoms with Crippen molar-refractivity contribution in [3.8, 4) is 6.07 Å². The largest absolute Gasteiger partial charge is 0.444 e. The van der Waals surface area contributed by atoms with Gasteiger partial charge in [-0.25, -0.2) is 4.79 Å². The molecule has 0 saturated heterocycles. The second-order valence-electron chi connectivity index (χ2n) is 8.15. The molecule has 22 heavy (non-hydrogen) atoms. The van der Waals surface area contributed by atoms with Crippen molar-refractivity contribution in [2.75, 3.05) is 0 Å². The fourth-order valence-electron chi connectivity index (χ4n) is 1.98. The molecule has 0 aromatic carbocycles. The average molecular weight is 325 g/mol. The summed E-state index contributed by atoms with van der Waals surface area (Å²) in [5.74, 6) is -0.299. The molecule has 2 amide bonds. The number of rotatable bonds is 5. The SMILES string of the molecule is CC(C)(C)OC(=O)NC(C[Si](C)(C)C)C(=O)NC1(C#N)CC1. The zero-order valence-electron chi connectivity index (χ0n) is 14.4. The second-order valence-corrected chi connectivity index (χ2v) is 13.7. The minimum absolute atomic E-state index is 0.299. The molecule has 0 bridgehead atoms. The summed E-state index contributed by atoms with van der Waals surface area (Å²) >= 11 is 0. The molecule has 1 saturated carbocycles. The highest BCUT2D eigenvalue weighted by Gasteiger charge is 2.46. The van der Waals surface area contributed by atoms with Gasteiger partial charge in [-0.2, -0.15) is 5.26 Å². The third-order valence-electron chi connectivity index (χ3n) is 3.15. The first-order chi connectivity index (χ1) is 9.86. The minimum Gasteiger partial charge on any atom is -0.444 e. The second kappa shape index (κ2) is 6.29. The molecule has 0 heterocycles. The van der Waals surface area contributed by atoms with Gasteiger partial charge in [0, 0.05) is 8.07 Å². The molecule has 1 aliphatic carbocycles. The Morgan fingerprint density at radius 3 is 2.23 bits per heavy atom. The highest BCUT2D eigenvalue weighted by Crippen LogP contribution is 2.34. The maximum atomic E-state index is 12.4. The summed E-state index contributed by atoms with van der Waals surface area (Å²) in [6.07, 6.45) is 0.732. The minimum atomic E-state index is -1.59. The highest BCUT2D eigenvalue weighted by atomic mass is 28.3. The van der Waals surface area contributed by atoms with Crippen LogP contribution in [0, 0.1) is 11.3 Å². The summed E-state index contributed by atoms with van der Waals surface area (Å²) in [5, 5.41) is 14.5. The van der Waals surface area contributed by atoms with E-state index in [1.165, 1.54) is 0 Å². The van der Waals surface area contributed by atoms with Crippen LogP contribution < -0.4 is 10.6 Å². The van der Waals surface area contributed by atoms with Crippen LogP contribution in [0.25, 0.3) is 0 Å². The van der Waals surface area contributed by atoms with Gasteiger partial charge in [0.1, 0.15) is 17.2 Å². The number of alkyl carbamates (subject to hydrolysis) is 1. The number of carbonyl (C=O) groups is 2. The van der Waals surface area contributed by atoms with E-state index in [-0.39, 0.29) is 5.91 Å². The smallest absolute Gasteiger partial charge is 0.408 e. The number of nitrogens with one attached hydrogen (secondary N) is 2. The molecule has 0 aliphatic heterocycles. The Bertz CT molecular complexity index is 482. The van der Waals surface area contributed by atoms with Crippen molar-refractivity contribution in [2.24, 2.45) is 0 Å². The summed E-state index contributed by atoms with van der Waals surface area (Å²) in [7, 11) is -1.59. The van der Waals surface area contributed by atoms with Crippen molar-refractivity contribution in [2.45, 2.75) is 76.5 Å². The molecular formula is C15H27N3O3Si. The Balaban J connectivity index is 2.73. The average Bonchev–Trinajstić information content (AvgIpc) is 3.04. The molecule has 1 unspecified atom stereocenters. The van der Waals surface area contributed by atoms with Gasteiger partial charge < -0.3 is 15.4 Å². The van der Waals surface area contributed by atoms with E-state index >= 15 is 0 Å². The lowest BCUT2D eigenvalue weighted by Gasteiger charge is -2.27. The van der Waals surface area contributed by atoms with Crippen molar-refractivity contribution in [3.63, 3.8) is 0 Å². The molecule has 0 aromatic heterocycles. The van der Waals surface area contributed by atoms with E-state index < -0.39 is 31.3 Å². The van der Waals surface area contributed by atoms with Gasteiger partial charge in [0.2, 0.25) is 5.91 Å². The van der Waals surface area contributed by atoms with E-state index in [0.29, 0.717) is 18.9 Å². The molecule has 1 atom stereocenters. The quantitative estimate of drug-likeness (QED) is 0.759. The van der Waals surface area contributed by atoms with Crippen molar-refractivity contribution in [1.29, 1.82) is 5.26 Å². The number of hydrogen-bond donors (Lipinski definition) is 2. The number of hydrogen-bond acceptors (Lipinski definition) is 4. The monoisotopic (exact) mass is 325 g/mol. The molecule has 2 N–H and O–H groups in total. The third kappa shape index (κ3) is 6.48. The van der Waals surface area contributed by atoms with E-state index in [4.69, 9.17) is 10.00 Å². The zero-order chi connectivity index (χ0) is 17.2. The number of carbonyl (C=O) groups excluding carboxylic acids is 2. The normalized spacial score (nSPS) is 17.9. The Morgan fingerprint density at radius 2 is 1.86 bits per heavy atom. The number of ether oxygens (including phenoxy) is 1. The lowest BCUT2D eigenvalue weighted by molar-refractivity contribution is -0.123. The first-order valence-corrected chi connectivity index (χ1v) is 11.3. The first kappa shape index (κ1) is 18.5. The zero-order valence-corrected chi connectivity index (χ0v) is 15.4. The van der Waals surface area contributed by atoms with Crippen LogP contribution in [0.15, 0.2) is 0 Å². The van der Waals surface area contributed by atoms with Gasteiger partial charge in [-0.3, -0.25) is 4.79 Å². The molecule has 1 rings (SSSR count).